The van der Waals surface area contributed by atoms with E-state index in [1.807, 2.05) is 0 Å². The lowest BCUT2D eigenvalue weighted by atomic mass is 9.96. The van der Waals surface area contributed by atoms with E-state index < -0.39 is 15.9 Å². The fraction of sp³-hybridized carbons (Fsp3) is 0.421. The van der Waals surface area contributed by atoms with Gasteiger partial charge in [-0.3, -0.25) is 14.2 Å². The molecule has 1 heterocycles. The van der Waals surface area contributed by atoms with Crippen molar-refractivity contribution in [2.75, 3.05) is 12.4 Å². The SMILES string of the molecule is CN(C1CCCCC1)S(=O)(=O)c1ccc(NC(=O)Cn2cnccc2=O)cc1. The molecule has 3 rings (SSSR count). The van der Waals surface area contributed by atoms with Gasteiger partial charge < -0.3 is 5.32 Å². The summed E-state index contributed by atoms with van der Waals surface area (Å²) in [6.45, 7) is -0.170. The highest BCUT2D eigenvalue weighted by Crippen LogP contribution is 2.26. The number of rotatable bonds is 6. The maximum absolute atomic E-state index is 12.8. The molecule has 1 aromatic carbocycles. The minimum Gasteiger partial charge on any atom is -0.325 e. The lowest BCUT2D eigenvalue weighted by Gasteiger charge is -2.30. The van der Waals surface area contributed by atoms with E-state index in [0.717, 1.165) is 32.1 Å². The zero-order valence-electron chi connectivity index (χ0n) is 15.7. The number of hydrogen-bond acceptors (Lipinski definition) is 5. The van der Waals surface area contributed by atoms with Crippen molar-refractivity contribution in [3.63, 3.8) is 0 Å². The van der Waals surface area contributed by atoms with Gasteiger partial charge in [0, 0.05) is 31.0 Å². The summed E-state index contributed by atoms with van der Waals surface area (Å²) in [7, 11) is -1.94. The highest BCUT2D eigenvalue weighted by atomic mass is 32.2. The predicted molar refractivity (Wildman–Crippen MR) is 105 cm³/mol. The van der Waals surface area contributed by atoms with E-state index in [4.69, 9.17) is 0 Å². The van der Waals surface area contributed by atoms with Crippen molar-refractivity contribution in [2.45, 2.75) is 49.6 Å². The summed E-state index contributed by atoms with van der Waals surface area (Å²) in [5.74, 6) is -0.398. The third-order valence-corrected chi connectivity index (χ3v) is 6.93. The zero-order valence-corrected chi connectivity index (χ0v) is 16.6. The van der Waals surface area contributed by atoms with Gasteiger partial charge >= 0.3 is 0 Å². The number of aromatic nitrogens is 2. The van der Waals surface area contributed by atoms with Crippen LogP contribution in [0.25, 0.3) is 0 Å². The first-order chi connectivity index (χ1) is 13.4. The molecule has 0 spiro atoms. The Morgan fingerprint density at radius 3 is 2.50 bits per heavy atom. The molecule has 0 radical (unpaired) electrons. The summed E-state index contributed by atoms with van der Waals surface area (Å²) in [6.07, 6.45) is 7.68. The van der Waals surface area contributed by atoms with Crippen LogP contribution < -0.4 is 10.9 Å². The lowest BCUT2D eigenvalue weighted by Crippen LogP contribution is -2.38. The molecular weight excluding hydrogens is 380 g/mol. The summed E-state index contributed by atoms with van der Waals surface area (Å²) in [4.78, 5) is 27.7. The Labute approximate surface area is 164 Å². The topological polar surface area (TPSA) is 101 Å². The van der Waals surface area contributed by atoms with Crippen LogP contribution in [-0.4, -0.2) is 41.3 Å². The number of benzene rings is 1. The van der Waals surface area contributed by atoms with Crippen LogP contribution in [0, 0.1) is 0 Å². The summed E-state index contributed by atoms with van der Waals surface area (Å²) in [5.41, 5.74) is 0.138. The molecule has 8 nitrogen and oxygen atoms in total. The third-order valence-electron chi connectivity index (χ3n) is 5.01. The summed E-state index contributed by atoms with van der Waals surface area (Å²) in [5, 5.41) is 2.65. The Bertz CT molecular complexity index is 979. The van der Waals surface area contributed by atoms with Gasteiger partial charge in [0.1, 0.15) is 6.54 Å². The average Bonchev–Trinajstić information content (AvgIpc) is 2.70. The molecule has 0 aliphatic heterocycles. The number of carbonyl (C=O) groups is 1. The molecule has 28 heavy (non-hydrogen) atoms. The van der Waals surface area contributed by atoms with E-state index in [0.29, 0.717) is 5.69 Å². The van der Waals surface area contributed by atoms with Crippen molar-refractivity contribution in [3.8, 4) is 0 Å². The fourth-order valence-corrected chi connectivity index (χ4v) is 4.79. The van der Waals surface area contributed by atoms with Crippen molar-refractivity contribution < 1.29 is 13.2 Å². The van der Waals surface area contributed by atoms with Crippen LogP contribution in [0.15, 0.2) is 52.5 Å². The minimum absolute atomic E-state index is 0.0379. The second-order valence-electron chi connectivity index (χ2n) is 6.93. The predicted octanol–water partition coefficient (Wildman–Crippen LogP) is 1.84. The molecule has 1 fully saturated rings. The second kappa shape index (κ2) is 8.66. The molecular formula is C19H24N4O4S. The first-order valence-corrected chi connectivity index (χ1v) is 10.7. The van der Waals surface area contributed by atoms with Gasteiger partial charge in [0.05, 0.1) is 11.2 Å². The van der Waals surface area contributed by atoms with Gasteiger partial charge in [-0.25, -0.2) is 13.4 Å². The van der Waals surface area contributed by atoms with Crippen molar-refractivity contribution in [2.24, 2.45) is 0 Å². The zero-order chi connectivity index (χ0) is 20.1. The van der Waals surface area contributed by atoms with E-state index in [2.05, 4.69) is 10.3 Å². The Morgan fingerprint density at radius 1 is 1.18 bits per heavy atom. The number of anilines is 1. The molecule has 1 aromatic heterocycles. The molecule has 9 heteroatoms. The van der Waals surface area contributed by atoms with Gasteiger partial charge in [-0.2, -0.15) is 4.31 Å². The highest BCUT2D eigenvalue weighted by Gasteiger charge is 2.28. The maximum atomic E-state index is 12.8. The fourth-order valence-electron chi connectivity index (χ4n) is 3.37. The number of hydrogen-bond donors (Lipinski definition) is 1. The van der Waals surface area contributed by atoms with E-state index in [1.165, 1.54) is 39.6 Å². The van der Waals surface area contributed by atoms with Gasteiger partial charge in [-0.05, 0) is 37.1 Å². The Kier molecular flexibility index (Phi) is 6.25. The molecule has 0 unspecified atom stereocenters. The molecule has 1 saturated carbocycles. The van der Waals surface area contributed by atoms with Crippen molar-refractivity contribution >= 4 is 21.6 Å². The van der Waals surface area contributed by atoms with Crippen LogP contribution in [0.1, 0.15) is 32.1 Å². The monoisotopic (exact) mass is 404 g/mol. The van der Waals surface area contributed by atoms with Crippen molar-refractivity contribution in [1.29, 1.82) is 0 Å². The van der Waals surface area contributed by atoms with Crippen molar-refractivity contribution in [3.05, 3.63) is 53.2 Å². The first kappa shape index (κ1) is 20.2. The minimum atomic E-state index is -3.57. The molecule has 1 aliphatic carbocycles. The van der Waals surface area contributed by atoms with Crippen LogP contribution in [0.5, 0.6) is 0 Å². The van der Waals surface area contributed by atoms with E-state index in [9.17, 15) is 18.0 Å². The molecule has 2 aromatic rings. The van der Waals surface area contributed by atoms with Crippen LogP contribution in [0.3, 0.4) is 0 Å². The highest BCUT2D eigenvalue weighted by molar-refractivity contribution is 7.89. The standard InChI is InChI=1S/C19H24N4O4S/c1-22(16-5-3-2-4-6-16)28(26,27)17-9-7-15(8-10-17)21-18(24)13-23-14-20-12-11-19(23)25/h7-12,14,16H,2-6,13H2,1H3,(H,21,24). The molecule has 0 atom stereocenters. The first-order valence-electron chi connectivity index (χ1n) is 9.26. The molecule has 0 bridgehead atoms. The quantitative estimate of drug-likeness (QED) is 0.792. The van der Waals surface area contributed by atoms with Crippen LogP contribution in [-0.2, 0) is 21.4 Å². The molecule has 1 aliphatic rings. The van der Waals surface area contributed by atoms with Crippen LogP contribution in [0.2, 0.25) is 0 Å². The summed E-state index contributed by atoms with van der Waals surface area (Å²) in [6, 6.07) is 7.38. The van der Waals surface area contributed by atoms with Crippen LogP contribution >= 0.6 is 0 Å². The molecule has 0 saturated heterocycles. The molecule has 150 valence electrons. The maximum Gasteiger partial charge on any atom is 0.253 e. The van der Waals surface area contributed by atoms with E-state index in [1.54, 1.807) is 19.2 Å². The number of nitrogens with one attached hydrogen (secondary N) is 1. The Balaban J connectivity index is 1.66. The third kappa shape index (κ3) is 4.66. The average molecular weight is 404 g/mol. The van der Waals surface area contributed by atoms with Gasteiger partial charge in [0.25, 0.3) is 5.56 Å². The smallest absolute Gasteiger partial charge is 0.253 e. The Hall–Kier alpha value is -2.52. The number of amides is 1. The van der Waals surface area contributed by atoms with Gasteiger partial charge in [-0.15, -0.1) is 0 Å². The molecule has 1 N–H and O–H groups in total. The number of sulfonamides is 1. The lowest BCUT2D eigenvalue weighted by molar-refractivity contribution is -0.116. The van der Waals surface area contributed by atoms with Crippen molar-refractivity contribution in [1.82, 2.24) is 13.9 Å². The summed E-state index contributed by atoms with van der Waals surface area (Å²) >= 11 is 0. The number of carbonyl (C=O) groups excluding carboxylic acids is 1. The Morgan fingerprint density at radius 2 is 1.86 bits per heavy atom. The van der Waals surface area contributed by atoms with Gasteiger partial charge in [-0.1, -0.05) is 19.3 Å². The number of nitrogens with zero attached hydrogens (tertiary/aromatic N) is 3. The van der Waals surface area contributed by atoms with Gasteiger partial charge in [0.15, 0.2) is 0 Å². The largest absolute Gasteiger partial charge is 0.325 e. The van der Waals surface area contributed by atoms with Gasteiger partial charge in [0.2, 0.25) is 15.9 Å². The summed E-state index contributed by atoms with van der Waals surface area (Å²) < 4.78 is 28.3. The van der Waals surface area contributed by atoms with E-state index in [-0.39, 0.29) is 23.0 Å². The second-order valence-corrected chi connectivity index (χ2v) is 8.93. The normalized spacial score (nSPS) is 15.5. The van der Waals surface area contributed by atoms with E-state index >= 15 is 0 Å². The molecule has 1 amide bonds. The van der Waals surface area contributed by atoms with Crippen LogP contribution in [0.4, 0.5) is 5.69 Å².